The molecular formula is C20H19ClN2O4. The van der Waals surface area contributed by atoms with Crippen LogP contribution in [0.4, 0.5) is 5.69 Å². The normalized spacial score (nSPS) is 10.8. The maximum absolute atomic E-state index is 12.6. The van der Waals surface area contributed by atoms with Gasteiger partial charge >= 0.3 is 0 Å². The Kier molecular flexibility index (Phi) is 5.78. The summed E-state index contributed by atoms with van der Waals surface area (Å²) in [6, 6.07) is 12.2. The van der Waals surface area contributed by atoms with Crippen LogP contribution in [0.25, 0.3) is 11.0 Å². The Morgan fingerprint density at radius 1 is 1.15 bits per heavy atom. The van der Waals surface area contributed by atoms with Crippen LogP contribution in [0.3, 0.4) is 0 Å². The number of fused-ring (bicyclic) bond motifs is 1. The van der Waals surface area contributed by atoms with Crippen molar-refractivity contribution in [3.63, 3.8) is 0 Å². The predicted molar refractivity (Wildman–Crippen MR) is 105 cm³/mol. The molecular weight excluding hydrogens is 368 g/mol. The smallest absolute Gasteiger partial charge is 0.291 e. The number of carbonyl (C=O) groups is 2. The monoisotopic (exact) mass is 386 g/mol. The molecule has 0 spiro atoms. The number of carbonyl (C=O) groups excluding carboxylic acids is 2. The Bertz CT molecular complexity index is 997. The zero-order valence-corrected chi connectivity index (χ0v) is 15.7. The first-order chi connectivity index (χ1) is 13.0. The lowest BCUT2D eigenvalue weighted by atomic mass is 10.1. The number of halogens is 1. The summed E-state index contributed by atoms with van der Waals surface area (Å²) in [5.74, 6) is -0.436. The van der Waals surface area contributed by atoms with Gasteiger partial charge in [-0.2, -0.15) is 0 Å². The molecule has 0 bridgehead atoms. The van der Waals surface area contributed by atoms with E-state index in [0.29, 0.717) is 30.0 Å². The number of amides is 2. The number of methoxy groups -OCH3 is 1. The molecule has 0 aliphatic rings. The Hall–Kier alpha value is -2.83. The maximum Gasteiger partial charge on any atom is 0.291 e. The highest BCUT2D eigenvalue weighted by molar-refractivity contribution is 6.34. The van der Waals surface area contributed by atoms with Crippen LogP contribution < -0.4 is 10.6 Å². The average molecular weight is 387 g/mol. The number of ether oxygens (including phenoxy) is 1. The number of hydrogen-bond donors (Lipinski definition) is 2. The number of benzene rings is 2. The Morgan fingerprint density at radius 3 is 2.63 bits per heavy atom. The van der Waals surface area contributed by atoms with Crippen molar-refractivity contribution in [2.75, 3.05) is 25.6 Å². The van der Waals surface area contributed by atoms with Crippen molar-refractivity contribution in [2.45, 2.75) is 6.92 Å². The van der Waals surface area contributed by atoms with Crippen LogP contribution in [0.15, 0.2) is 46.9 Å². The summed E-state index contributed by atoms with van der Waals surface area (Å²) in [7, 11) is 1.56. The highest BCUT2D eigenvalue weighted by atomic mass is 35.5. The molecule has 0 aliphatic carbocycles. The van der Waals surface area contributed by atoms with E-state index in [1.165, 1.54) is 6.07 Å². The molecule has 1 heterocycles. The summed E-state index contributed by atoms with van der Waals surface area (Å²) < 4.78 is 10.5. The van der Waals surface area contributed by atoms with Gasteiger partial charge in [-0.1, -0.05) is 29.8 Å². The molecule has 2 N–H and O–H groups in total. The molecule has 7 heteroatoms. The quantitative estimate of drug-likeness (QED) is 0.627. The van der Waals surface area contributed by atoms with E-state index in [1.54, 1.807) is 19.2 Å². The van der Waals surface area contributed by atoms with Gasteiger partial charge in [0.1, 0.15) is 5.58 Å². The first kappa shape index (κ1) is 18.9. The highest BCUT2D eigenvalue weighted by Gasteiger charge is 2.18. The second-order valence-electron chi connectivity index (χ2n) is 5.95. The van der Waals surface area contributed by atoms with Gasteiger partial charge in [-0.3, -0.25) is 9.59 Å². The van der Waals surface area contributed by atoms with Crippen molar-refractivity contribution < 1.29 is 18.7 Å². The van der Waals surface area contributed by atoms with Crippen molar-refractivity contribution in [1.29, 1.82) is 0 Å². The van der Waals surface area contributed by atoms with Gasteiger partial charge in [0.25, 0.3) is 11.8 Å². The van der Waals surface area contributed by atoms with Crippen molar-refractivity contribution >= 4 is 40.1 Å². The van der Waals surface area contributed by atoms with Crippen LogP contribution in [0.5, 0.6) is 0 Å². The fraction of sp³-hybridized carbons (Fsp3) is 0.200. The molecule has 6 nitrogen and oxygen atoms in total. The van der Waals surface area contributed by atoms with Gasteiger partial charge in [0.15, 0.2) is 5.76 Å². The molecule has 3 aromatic rings. The second-order valence-corrected chi connectivity index (χ2v) is 6.36. The van der Waals surface area contributed by atoms with Crippen LogP contribution in [0, 0.1) is 6.92 Å². The van der Waals surface area contributed by atoms with E-state index >= 15 is 0 Å². The molecule has 0 atom stereocenters. The van der Waals surface area contributed by atoms with Gasteiger partial charge in [-0.25, -0.2) is 0 Å². The van der Waals surface area contributed by atoms with E-state index in [1.807, 2.05) is 31.2 Å². The summed E-state index contributed by atoms with van der Waals surface area (Å²) >= 11 is 6.20. The highest BCUT2D eigenvalue weighted by Crippen LogP contribution is 2.26. The van der Waals surface area contributed by atoms with Crippen LogP contribution in [-0.2, 0) is 4.74 Å². The third-order valence-electron chi connectivity index (χ3n) is 4.11. The zero-order valence-electron chi connectivity index (χ0n) is 15.0. The number of para-hydroxylation sites is 1. The molecule has 3 rings (SSSR count). The van der Waals surface area contributed by atoms with Crippen molar-refractivity contribution in [3.05, 3.63) is 64.4 Å². The van der Waals surface area contributed by atoms with Crippen molar-refractivity contribution in [3.8, 4) is 0 Å². The minimum absolute atomic E-state index is 0.240. The zero-order chi connectivity index (χ0) is 19.4. The van der Waals surface area contributed by atoms with Crippen LogP contribution in [0.2, 0.25) is 5.02 Å². The SMILES string of the molecule is COCCNC(=O)c1ccc(NC(=O)c2oc3ccccc3c2C)cc1Cl. The van der Waals surface area contributed by atoms with E-state index in [2.05, 4.69) is 10.6 Å². The van der Waals surface area contributed by atoms with Crippen molar-refractivity contribution in [1.82, 2.24) is 5.32 Å². The summed E-state index contributed by atoms with van der Waals surface area (Å²) in [5, 5.41) is 6.58. The summed E-state index contributed by atoms with van der Waals surface area (Å²) in [6.45, 7) is 2.63. The molecule has 0 aliphatic heterocycles. The number of hydrogen-bond acceptors (Lipinski definition) is 4. The van der Waals surface area contributed by atoms with Gasteiger partial charge in [0.2, 0.25) is 0 Å². The maximum atomic E-state index is 12.6. The van der Waals surface area contributed by atoms with Crippen LogP contribution >= 0.6 is 11.6 Å². The standard InChI is InChI=1S/C20H19ClN2O4/c1-12-14-5-3-4-6-17(14)27-18(12)20(25)23-13-7-8-15(16(21)11-13)19(24)22-9-10-26-2/h3-8,11H,9-10H2,1-2H3,(H,22,24)(H,23,25). The molecule has 2 aromatic carbocycles. The molecule has 0 fully saturated rings. The van der Waals surface area contributed by atoms with Gasteiger partial charge < -0.3 is 19.8 Å². The Balaban J connectivity index is 1.75. The third-order valence-corrected chi connectivity index (χ3v) is 4.43. The second kappa shape index (κ2) is 8.24. The fourth-order valence-corrected chi connectivity index (χ4v) is 2.98. The largest absolute Gasteiger partial charge is 0.451 e. The van der Waals surface area contributed by atoms with Gasteiger partial charge in [0, 0.05) is 30.3 Å². The average Bonchev–Trinajstić information content (AvgIpc) is 2.99. The lowest BCUT2D eigenvalue weighted by Gasteiger charge is -2.09. The van der Waals surface area contributed by atoms with Crippen LogP contribution in [0.1, 0.15) is 26.5 Å². The minimum Gasteiger partial charge on any atom is -0.451 e. The third kappa shape index (κ3) is 4.13. The van der Waals surface area contributed by atoms with E-state index in [-0.39, 0.29) is 22.6 Å². The number of rotatable bonds is 6. The number of nitrogens with one attached hydrogen (secondary N) is 2. The van der Waals surface area contributed by atoms with Crippen molar-refractivity contribution in [2.24, 2.45) is 0 Å². The van der Waals surface area contributed by atoms with E-state index < -0.39 is 0 Å². The summed E-state index contributed by atoms with van der Waals surface area (Å²) in [4.78, 5) is 24.7. The first-order valence-corrected chi connectivity index (χ1v) is 8.75. The van der Waals surface area contributed by atoms with E-state index in [9.17, 15) is 9.59 Å². The molecule has 0 saturated heterocycles. The van der Waals surface area contributed by atoms with E-state index in [0.717, 1.165) is 10.9 Å². The van der Waals surface area contributed by atoms with Gasteiger partial charge in [-0.15, -0.1) is 0 Å². The summed E-state index contributed by atoms with van der Waals surface area (Å²) in [6.07, 6.45) is 0. The number of aryl methyl sites for hydroxylation is 1. The first-order valence-electron chi connectivity index (χ1n) is 8.37. The van der Waals surface area contributed by atoms with Gasteiger partial charge in [-0.05, 0) is 31.2 Å². The molecule has 0 unspecified atom stereocenters. The van der Waals surface area contributed by atoms with Crippen LogP contribution in [-0.4, -0.2) is 32.1 Å². The number of furan rings is 1. The number of anilines is 1. The van der Waals surface area contributed by atoms with E-state index in [4.69, 9.17) is 20.8 Å². The minimum atomic E-state index is -0.378. The predicted octanol–water partition coefficient (Wildman–Crippen LogP) is 4.02. The molecule has 1 aromatic heterocycles. The fourth-order valence-electron chi connectivity index (χ4n) is 2.72. The Labute approximate surface area is 161 Å². The molecule has 140 valence electrons. The lowest BCUT2D eigenvalue weighted by molar-refractivity contribution is 0.0936. The van der Waals surface area contributed by atoms with Gasteiger partial charge in [0.05, 0.1) is 17.2 Å². The topological polar surface area (TPSA) is 80.6 Å². The molecule has 0 saturated carbocycles. The lowest BCUT2D eigenvalue weighted by Crippen LogP contribution is -2.27. The summed E-state index contributed by atoms with van der Waals surface area (Å²) in [5.41, 5.74) is 2.22. The molecule has 0 radical (unpaired) electrons. The Morgan fingerprint density at radius 2 is 1.93 bits per heavy atom. The molecule has 2 amide bonds. The molecule has 27 heavy (non-hydrogen) atoms.